The van der Waals surface area contributed by atoms with Gasteiger partial charge in [-0.2, -0.15) is 12.7 Å². The zero-order valence-corrected chi connectivity index (χ0v) is 21.4. The molecular formula is C23H38N4O4S2. The fourth-order valence-corrected chi connectivity index (χ4v) is 8.25. The monoisotopic (exact) mass is 498 g/mol. The molecule has 33 heavy (non-hydrogen) atoms. The Bertz CT molecular complexity index is 1060. The summed E-state index contributed by atoms with van der Waals surface area (Å²) in [5.41, 5.74) is 4.18. The first-order valence-corrected chi connectivity index (χ1v) is 15.3. The van der Waals surface area contributed by atoms with Gasteiger partial charge in [0.15, 0.2) is 0 Å². The van der Waals surface area contributed by atoms with Crippen molar-refractivity contribution in [1.29, 1.82) is 0 Å². The summed E-state index contributed by atoms with van der Waals surface area (Å²) in [6.07, 6.45) is 5.13. The number of hydrogen-bond donors (Lipinski definition) is 2. The lowest BCUT2D eigenvalue weighted by atomic mass is 9.77. The number of nitrogens with two attached hydrogens (primary N) is 1. The molecule has 0 radical (unpaired) electrons. The van der Waals surface area contributed by atoms with Crippen LogP contribution in [0.15, 0.2) is 18.2 Å². The third kappa shape index (κ3) is 5.97. The number of benzene rings is 1. The van der Waals surface area contributed by atoms with Gasteiger partial charge in [-0.05, 0) is 67.1 Å². The van der Waals surface area contributed by atoms with Gasteiger partial charge in [0.05, 0.1) is 5.75 Å². The number of fused-ring (bicyclic) bond motifs is 4. The molecule has 3 atom stereocenters. The van der Waals surface area contributed by atoms with Crippen LogP contribution in [0.4, 0.5) is 0 Å². The van der Waals surface area contributed by atoms with Crippen LogP contribution in [0.5, 0.6) is 0 Å². The van der Waals surface area contributed by atoms with Gasteiger partial charge in [0.25, 0.3) is 10.2 Å². The summed E-state index contributed by atoms with van der Waals surface area (Å²) in [5, 5.41) is 4.95. The molecule has 0 amide bonds. The van der Waals surface area contributed by atoms with E-state index in [1.54, 1.807) is 4.31 Å². The number of nitrogens with zero attached hydrogens (tertiary/aromatic N) is 2. The first kappa shape index (κ1) is 25.1. The van der Waals surface area contributed by atoms with Crippen LogP contribution in [0.2, 0.25) is 0 Å². The van der Waals surface area contributed by atoms with E-state index in [9.17, 15) is 16.8 Å². The molecule has 10 heteroatoms. The van der Waals surface area contributed by atoms with Crippen LogP contribution in [0.25, 0.3) is 0 Å². The standard InChI is InChI=1S/C23H38N4O4S2/c1-17(2)13-18-6-7-21-19(14-18)8-11-26-16-20-5-3-10-27(22(20)15-23(21)26)32(28,29)12-4-9-25-33(24,30)31/h6-7,14,17,20,22-23,25H,3-5,8-13,15-16H2,1-2H3,(H2,24,30,31)/t20-,22+,23+/m1/s1. The summed E-state index contributed by atoms with van der Waals surface area (Å²) >= 11 is 0. The van der Waals surface area contributed by atoms with E-state index in [0.29, 0.717) is 18.4 Å². The van der Waals surface area contributed by atoms with Crippen LogP contribution < -0.4 is 9.86 Å². The predicted octanol–water partition coefficient (Wildman–Crippen LogP) is 1.78. The van der Waals surface area contributed by atoms with E-state index in [2.05, 4.69) is 41.7 Å². The Morgan fingerprint density at radius 1 is 1.18 bits per heavy atom. The molecule has 186 valence electrons. The molecule has 4 rings (SSSR count). The van der Waals surface area contributed by atoms with Crippen molar-refractivity contribution in [2.24, 2.45) is 17.0 Å². The highest BCUT2D eigenvalue weighted by Gasteiger charge is 2.45. The van der Waals surface area contributed by atoms with Crippen molar-refractivity contribution in [3.63, 3.8) is 0 Å². The van der Waals surface area contributed by atoms with Crippen molar-refractivity contribution < 1.29 is 16.8 Å². The van der Waals surface area contributed by atoms with Crippen molar-refractivity contribution >= 4 is 20.2 Å². The van der Waals surface area contributed by atoms with Crippen LogP contribution >= 0.6 is 0 Å². The fourth-order valence-electron chi connectivity index (χ4n) is 6.00. The van der Waals surface area contributed by atoms with E-state index in [1.165, 1.54) is 16.7 Å². The molecule has 1 aromatic carbocycles. The Morgan fingerprint density at radius 3 is 2.70 bits per heavy atom. The second-order valence-corrected chi connectivity index (χ2v) is 13.7. The Kier molecular flexibility index (Phi) is 7.53. The third-order valence-corrected chi connectivity index (χ3v) is 9.94. The molecule has 0 bridgehead atoms. The van der Waals surface area contributed by atoms with E-state index in [4.69, 9.17) is 5.14 Å². The summed E-state index contributed by atoms with van der Waals surface area (Å²) in [5.74, 6) is 0.913. The van der Waals surface area contributed by atoms with Gasteiger partial charge in [-0.25, -0.2) is 18.3 Å². The Labute approximate surface area is 199 Å². The molecule has 0 spiro atoms. The maximum absolute atomic E-state index is 13.2. The highest BCUT2D eigenvalue weighted by atomic mass is 32.2. The van der Waals surface area contributed by atoms with Gasteiger partial charge in [0.1, 0.15) is 0 Å². The van der Waals surface area contributed by atoms with E-state index in [-0.39, 0.29) is 30.8 Å². The van der Waals surface area contributed by atoms with Gasteiger partial charge in [-0.1, -0.05) is 32.0 Å². The maximum Gasteiger partial charge on any atom is 0.274 e. The van der Waals surface area contributed by atoms with Gasteiger partial charge in [0, 0.05) is 38.3 Å². The molecule has 3 aliphatic heterocycles. The molecule has 0 aliphatic carbocycles. The van der Waals surface area contributed by atoms with Crippen molar-refractivity contribution in [3.05, 3.63) is 34.9 Å². The first-order chi connectivity index (χ1) is 15.5. The van der Waals surface area contributed by atoms with Crippen LogP contribution in [0, 0.1) is 11.8 Å². The van der Waals surface area contributed by atoms with Crippen molar-refractivity contribution in [2.75, 3.05) is 31.9 Å². The lowest BCUT2D eigenvalue weighted by Gasteiger charge is -2.51. The van der Waals surface area contributed by atoms with Gasteiger partial charge in [-0.15, -0.1) is 0 Å². The Hall–Kier alpha value is -1.04. The quantitative estimate of drug-likeness (QED) is 0.531. The second kappa shape index (κ2) is 9.91. The van der Waals surface area contributed by atoms with Gasteiger partial charge < -0.3 is 0 Å². The summed E-state index contributed by atoms with van der Waals surface area (Å²) in [4.78, 5) is 2.57. The molecule has 0 unspecified atom stereocenters. The zero-order valence-electron chi connectivity index (χ0n) is 19.7. The van der Waals surface area contributed by atoms with E-state index < -0.39 is 20.2 Å². The summed E-state index contributed by atoms with van der Waals surface area (Å²) < 4.78 is 52.5. The van der Waals surface area contributed by atoms with Crippen LogP contribution in [0.3, 0.4) is 0 Å². The van der Waals surface area contributed by atoms with Crippen LogP contribution in [0.1, 0.15) is 62.3 Å². The molecule has 2 fully saturated rings. The van der Waals surface area contributed by atoms with Gasteiger partial charge >= 0.3 is 0 Å². The maximum atomic E-state index is 13.2. The van der Waals surface area contributed by atoms with Crippen molar-refractivity contribution in [3.8, 4) is 0 Å². The van der Waals surface area contributed by atoms with Crippen molar-refractivity contribution in [2.45, 2.75) is 64.5 Å². The summed E-state index contributed by atoms with van der Waals surface area (Å²) in [6, 6.07) is 7.18. The van der Waals surface area contributed by atoms with Crippen LogP contribution in [-0.2, 0) is 33.1 Å². The zero-order chi connectivity index (χ0) is 23.8. The van der Waals surface area contributed by atoms with Gasteiger partial charge in [-0.3, -0.25) is 4.90 Å². The average Bonchev–Trinajstić information content (AvgIpc) is 2.73. The molecule has 1 aromatic rings. The molecule has 3 N–H and O–H groups in total. The highest BCUT2D eigenvalue weighted by Crippen LogP contribution is 2.43. The minimum atomic E-state index is -3.80. The molecule has 8 nitrogen and oxygen atoms in total. The molecular weight excluding hydrogens is 460 g/mol. The fraction of sp³-hybridized carbons (Fsp3) is 0.739. The topological polar surface area (TPSA) is 113 Å². The minimum Gasteiger partial charge on any atom is -0.296 e. The number of hydrogen-bond acceptors (Lipinski definition) is 5. The van der Waals surface area contributed by atoms with Gasteiger partial charge in [0.2, 0.25) is 10.0 Å². The van der Waals surface area contributed by atoms with E-state index in [1.807, 2.05) is 0 Å². The number of nitrogens with one attached hydrogen (secondary N) is 1. The Morgan fingerprint density at radius 2 is 1.97 bits per heavy atom. The SMILES string of the molecule is CC(C)Cc1ccc2c(c1)CCN1C[C@H]3CCCN(S(=O)(=O)CCCNS(N)(=O)=O)[C@H]3C[C@@H]21. The molecule has 2 saturated heterocycles. The highest BCUT2D eigenvalue weighted by molar-refractivity contribution is 7.89. The normalized spacial score (nSPS) is 26.6. The lowest BCUT2D eigenvalue weighted by Crippen LogP contribution is -2.57. The third-order valence-electron chi connectivity index (χ3n) is 7.36. The largest absolute Gasteiger partial charge is 0.296 e. The smallest absolute Gasteiger partial charge is 0.274 e. The number of sulfonamides is 1. The number of piperidine rings is 2. The van der Waals surface area contributed by atoms with Crippen molar-refractivity contribution in [1.82, 2.24) is 13.9 Å². The lowest BCUT2D eigenvalue weighted by molar-refractivity contribution is 0.0220. The molecule has 0 saturated carbocycles. The number of rotatable bonds is 8. The first-order valence-electron chi connectivity index (χ1n) is 12.2. The second-order valence-electron chi connectivity index (χ2n) is 10.3. The predicted molar refractivity (Wildman–Crippen MR) is 130 cm³/mol. The van der Waals surface area contributed by atoms with E-state index in [0.717, 1.165) is 45.2 Å². The average molecular weight is 499 g/mol. The molecule has 0 aromatic heterocycles. The minimum absolute atomic E-state index is 0.0116. The molecule has 3 heterocycles. The summed E-state index contributed by atoms with van der Waals surface area (Å²) in [6.45, 7) is 7.05. The van der Waals surface area contributed by atoms with Crippen LogP contribution in [-0.4, -0.2) is 64.0 Å². The summed E-state index contributed by atoms with van der Waals surface area (Å²) in [7, 11) is -7.27. The Balaban J connectivity index is 1.49. The van der Waals surface area contributed by atoms with E-state index >= 15 is 0 Å². The molecule has 3 aliphatic rings.